The van der Waals surface area contributed by atoms with Crippen LogP contribution in [0, 0.1) is 5.82 Å². The predicted molar refractivity (Wildman–Crippen MR) is 73.9 cm³/mol. The number of hydrogen-bond acceptors (Lipinski definition) is 3. The molecule has 4 nitrogen and oxygen atoms in total. The van der Waals surface area contributed by atoms with Crippen molar-refractivity contribution in [2.24, 2.45) is 0 Å². The number of hydrogen-bond donors (Lipinski definition) is 2. The van der Waals surface area contributed by atoms with Crippen molar-refractivity contribution in [1.82, 2.24) is 5.32 Å². The van der Waals surface area contributed by atoms with Crippen LogP contribution in [0.1, 0.15) is 6.42 Å². The van der Waals surface area contributed by atoms with Crippen LogP contribution in [0.3, 0.4) is 0 Å². The van der Waals surface area contributed by atoms with Gasteiger partial charge in [0.15, 0.2) is 0 Å². The molecule has 0 aliphatic carbocycles. The molecule has 1 heterocycles. The third kappa shape index (κ3) is 3.84. The molecule has 0 spiro atoms. The lowest BCUT2D eigenvalue weighted by atomic mass is 10.2. The van der Waals surface area contributed by atoms with E-state index in [1.165, 1.54) is 30.0 Å². The minimum Gasteiger partial charge on any atom is -0.354 e. The SMILES string of the molecule is O=C(C[C@H]1SCCNC1=O)Nc1ccc(F)c(Cl)c1. The maximum atomic E-state index is 13.0. The molecule has 1 aromatic carbocycles. The van der Waals surface area contributed by atoms with Crippen LogP contribution in [0.25, 0.3) is 0 Å². The summed E-state index contributed by atoms with van der Waals surface area (Å²) in [5.41, 5.74) is 0.414. The van der Waals surface area contributed by atoms with Crippen LogP contribution in [0.2, 0.25) is 5.02 Å². The molecular weight excluding hydrogens is 291 g/mol. The van der Waals surface area contributed by atoms with Gasteiger partial charge in [-0.15, -0.1) is 11.8 Å². The summed E-state index contributed by atoms with van der Waals surface area (Å²) in [6.07, 6.45) is 0.0888. The van der Waals surface area contributed by atoms with Crippen molar-refractivity contribution in [3.63, 3.8) is 0 Å². The van der Waals surface area contributed by atoms with Gasteiger partial charge in [-0.05, 0) is 18.2 Å². The summed E-state index contributed by atoms with van der Waals surface area (Å²) in [6, 6.07) is 3.94. The largest absolute Gasteiger partial charge is 0.354 e. The van der Waals surface area contributed by atoms with Crippen LogP contribution in [-0.2, 0) is 9.59 Å². The van der Waals surface area contributed by atoms with E-state index in [1.807, 2.05) is 0 Å². The monoisotopic (exact) mass is 302 g/mol. The zero-order valence-corrected chi connectivity index (χ0v) is 11.5. The Morgan fingerprint density at radius 1 is 1.58 bits per heavy atom. The Bertz CT molecular complexity index is 513. The van der Waals surface area contributed by atoms with Crippen LogP contribution in [0.15, 0.2) is 18.2 Å². The van der Waals surface area contributed by atoms with Crippen molar-refractivity contribution in [1.29, 1.82) is 0 Å². The molecule has 1 aliphatic heterocycles. The molecule has 1 fully saturated rings. The molecule has 2 rings (SSSR count). The number of thioether (sulfide) groups is 1. The Labute approximate surface area is 119 Å². The number of benzene rings is 1. The van der Waals surface area contributed by atoms with Crippen LogP contribution < -0.4 is 10.6 Å². The molecule has 102 valence electrons. The fourth-order valence-corrected chi connectivity index (χ4v) is 2.86. The summed E-state index contributed by atoms with van der Waals surface area (Å²) in [6.45, 7) is 0.634. The second kappa shape index (κ2) is 6.25. The van der Waals surface area contributed by atoms with Gasteiger partial charge in [0.25, 0.3) is 0 Å². The maximum absolute atomic E-state index is 13.0. The second-order valence-corrected chi connectivity index (χ2v) is 5.75. The molecule has 0 unspecified atom stereocenters. The Kier molecular flexibility index (Phi) is 4.66. The molecular formula is C12H12ClFN2O2S. The number of carbonyl (C=O) groups is 2. The van der Waals surface area contributed by atoms with Gasteiger partial charge >= 0.3 is 0 Å². The van der Waals surface area contributed by atoms with Crippen molar-refractivity contribution in [2.45, 2.75) is 11.7 Å². The molecule has 2 N–H and O–H groups in total. The first kappa shape index (κ1) is 14.1. The summed E-state index contributed by atoms with van der Waals surface area (Å²) < 4.78 is 13.0. The highest BCUT2D eigenvalue weighted by atomic mass is 35.5. The van der Waals surface area contributed by atoms with E-state index < -0.39 is 5.82 Å². The van der Waals surface area contributed by atoms with Crippen molar-refractivity contribution in [3.8, 4) is 0 Å². The highest BCUT2D eigenvalue weighted by Crippen LogP contribution is 2.21. The molecule has 7 heteroatoms. The highest BCUT2D eigenvalue weighted by molar-refractivity contribution is 8.00. The normalized spacial score (nSPS) is 18.8. The topological polar surface area (TPSA) is 58.2 Å². The standard InChI is InChI=1S/C12H12ClFN2O2S/c13-8-5-7(1-2-9(8)14)16-11(17)6-10-12(18)15-3-4-19-10/h1-2,5,10H,3-4,6H2,(H,15,18)(H,16,17)/t10-/m1/s1. The van der Waals surface area contributed by atoms with Crippen molar-refractivity contribution >= 4 is 40.9 Å². The van der Waals surface area contributed by atoms with E-state index in [-0.39, 0.29) is 28.5 Å². The summed E-state index contributed by atoms with van der Waals surface area (Å²) in [4.78, 5) is 23.3. The molecule has 0 saturated carbocycles. The molecule has 19 heavy (non-hydrogen) atoms. The molecule has 1 atom stereocenters. The molecule has 1 saturated heterocycles. The van der Waals surface area contributed by atoms with E-state index >= 15 is 0 Å². The lowest BCUT2D eigenvalue weighted by molar-refractivity contribution is -0.123. The number of rotatable bonds is 3. The van der Waals surface area contributed by atoms with E-state index in [0.717, 1.165) is 5.75 Å². The van der Waals surface area contributed by atoms with Gasteiger partial charge in [-0.1, -0.05) is 11.6 Å². The first-order valence-corrected chi connectivity index (χ1v) is 7.13. The van der Waals surface area contributed by atoms with Gasteiger partial charge in [0.2, 0.25) is 11.8 Å². The number of carbonyl (C=O) groups excluding carboxylic acids is 2. The van der Waals surface area contributed by atoms with E-state index in [9.17, 15) is 14.0 Å². The van der Waals surface area contributed by atoms with Crippen LogP contribution >= 0.6 is 23.4 Å². The Hall–Kier alpha value is -1.27. The van der Waals surface area contributed by atoms with Crippen LogP contribution in [0.5, 0.6) is 0 Å². The van der Waals surface area contributed by atoms with Crippen LogP contribution in [-0.4, -0.2) is 29.4 Å². The van der Waals surface area contributed by atoms with E-state index in [0.29, 0.717) is 12.2 Å². The summed E-state index contributed by atoms with van der Waals surface area (Å²) in [7, 11) is 0. The average molecular weight is 303 g/mol. The first-order valence-electron chi connectivity index (χ1n) is 5.70. The number of nitrogens with one attached hydrogen (secondary N) is 2. The lowest BCUT2D eigenvalue weighted by Gasteiger charge is -2.20. The fraction of sp³-hybridized carbons (Fsp3) is 0.333. The van der Waals surface area contributed by atoms with Gasteiger partial charge in [-0.2, -0.15) is 0 Å². The Morgan fingerprint density at radius 3 is 3.05 bits per heavy atom. The summed E-state index contributed by atoms with van der Waals surface area (Å²) in [5.74, 6) is -0.158. The molecule has 0 radical (unpaired) electrons. The van der Waals surface area contributed by atoms with Gasteiger partial charge in [0, 0.05) is 24.4 Å². The highest BCUT2D eigenvalue weighted by Gasteiger charge is 2.25. The minimum atomic E-state index is -0.540. The Balaban J connectivity index is 1.93. The van der Waals surface area contributed by atoms with Crippen molar-refractivity contribution in [3.05, 3.63) is 29.0 Å². The zero-order valence-electron chi connectivity index (χ0n) is 9.91. The Morgan fingerprint density at radius 2 is 2.37 bits per heavy atom. The first-order chi connectivity index (χ1) is 9.06. The quantitative estimate of drug-likeness (QED) is 0.898. The summed E-state index contributed by atoms with van der Waals surface area (Å²) in [5, 5.41) is 4.88. The lowest BCUT2D eigenvalue weighted by Crippen LogP contribution is -2.40. The van der Waals surface area contributed by atoms with Gasteiger partial charge in [0.05, 0.1) is 10.3 Å². The van der Waals surface area contributed by atoms with E-state index in [1.54, 1.807) is 0 Å². The molecule has 0 aromatic heterocycles. The molecule has 1 aromatic rings. The second-order valence-electron chi connectivity index (χ2n) is 4.03. The fourth-order valence-electron chi connectivity index (χ4n) is 1.67. The van der Waals surface area contributed by atoms with Crippen LogP contribution in [0.4, 0.5) is 10.1 Å². The predicted octanol–water partition coefficient (Wildman–Crippen LogP) is 2.04. The van der Waals surface area contributed by atoms with E-state index in [4.69, 9.17) is 11.6 Å². The third-order valence-corrected chi connectivity index (χ3v) is 4.10. The van der Waals surface area contributed by atoms with Gasteiger partial charge in [0.1, 0.15) is 5.82 Å². The number of anilines is 1. The maximum Gasteiger partial charge on any atom is 0.233 e. The molecule has 0 bridgehead atoms. The number of halogens is 2. The van der Waals surface area contributed by atoms with Crippen molar-refractivity contribution < 1.29 is 14.0 Å². The number of amides is 2. The minimum absolute atomic E-state index is 0.0532. The van der Waals surface area contributed by atoms with Gasteiger partial charge in [-0.25, -0.2) is 4.39 Å². The third-order valence-electron chi connectivity index (χ3n) is 2.59. The molecule has 1 aliphatic rings. The molecule has 2 amide bonds. The van der Waals surface area contributed by atoms with Crippen molar-refractivity contribution in [2.75, 3.05) is 17.6 Å². The average Bonchev–Trinajstić information content (AvgIpc) is 2.37. The van der Waals surface area contributed by atoms with Gasteiger partial charge < -0.3 is 10.6 Å². The van der Waals surface area contributed by atoms with E-state index in [2.05, 4.69) is 10.6 Å². The van der Waals surface area contributed by atoms with Gasteiger partial charge in [-0.3, -0.25) is 9.59 Å². The smallest absolute Gasteiger partial charge is 0.233 e. The zero-order chi connectivity index (χ0) is 13.8. The summed E-state index contributed by atoms with van der Waals surface area (Å²) >= 11 is 7.07.